The predicted molar refractivity (Wildman–Crippen MR) is 53.5 cm³/mol. The van der Waals surface area contributed by atoms with Gasteiger partial charge < -0.3 is 0 Å². The lowest BCUT2D eigenvalue weighted by Gasteiger charge is -2.27. The van der Waals surface area contributed by atoms with Crippen molar-refractivity contribution in [2.75, 3.05) is 0 Å². The van der Waals surface area contributed by atoms with Crippen LogP contribution in [0.4, 0.5) is 4.39 Å². The van der Waals surface area contributed by atoms with Crippen LogP contribution in [-0.4, -0.2) is 11.0 Å². The van der Waals surface area contributed by atoms with Crippen LogP contribution in [0.2, 0.25) is 0 Å². The average Bonchev–Trinajstić information content (AvgIpc) is 2.03. The third-order valence-corrected chi connectivity index (χ3v) is 3.07. The summed E-state index contributed by atoms with van der Waals surface area (Å²) in [5, 5.41) is 0. The van der Waals surface area contributed by atoms with Gasteiger partial charge in [-0.15, -0.1) is 11.6 Å². The third-order valence-electron chi connectivity index (χ3n) is 2.37. The van der Waals surface area contributed by atoms with Crippen LogP contribution in [0, 0.1) is 0 Å². The minimum atomic E-state index is -0.959. The van der Waals surface area contributed by atoms with Crippen LogP contribution in [-0.2, 0) is 0 Å². The van der Waals surface area contributed by atoms with Gasteiger partial charge in [0.25, 0.3) is 0 Å². The van der Waals surface area contributed by atoms with Gasteiger partial charge in [-0.3, -0.25) is 0 Å². The molecule has 0 N–H and O–H groups in total. The predicted octanol–water partition coefficient (Wildman–Crippen LogP) is 4.09. The van der Waals surface area contributed by atoms with Crippen LogP contribution in [0.25, 0.3) is 0 Å². The summed E-state index contributed by atoms with van der Waals surface area (Å²) in [6.07, 6.45) is 2.32. The molecular weight excluding hydrogens is 175 g/mol. The standard InChI is InChI=1S/C10H18ClF/c1-5-8(3)7-10(11,6-2)9(4)12/h5,9H,6-7H2,1-4H3. The van der Waals surface area contributed by atoms with Gasteiger partial charge in [0, 0.05) is 0 Å². The van der Waals surface area contributed by atoms with E-state index in [-0.39, 0.29) is 0 Å². The van der Waals surface area contributed by atoms with Crippen molar-refractivity contribution in [3.8, 4) is 0 Å². The molecule has 0 aromatic rings. The van der Waals surface area contributed by atoms with E-state index in [1.807, 2.05) is 26.8 Å². The molecule has 12 heavy (non-hydrogen) atoms. The average molecular weight is 193 g/mol. The zero-order valence-corrected chi connectivity index (χ0v) is 9.08. The van der Waals surface area contributed by atoms with Crippen molar-refractivity contribution in [1.82, 2.24) is 0 Å². The molecule has 2 unspecified atom stereocenters. The number of hydrogen-bond acceptors (Lipinski definition) is 0. The molecule has 2 heteroatoms. The van der Waals surface area contributed by atoms with Crippen LogP contribution in [0.15, 0.2) is 11.6 Å². The lowest BCUT2D eigenvalue weighted by atomic mass is 9.92. The van der Waals surface area contributed by atoms with Gasteiger partial charge in [-0.1, -0.05) is 18.6 Å². The number of halogens is 2. The van der Waals surface area contributed by atoms with Crippen LogP contribution in [0.1, 0.15) is 40.5 Å². The monoisotopic (exact) mass is 192 g/mol. The first-order valence-corrected chi connectivity index (χ1v) is 4.78. The summed E-state index contributed by atoms with van der Waals surface area (Å²) in [6.45, 7) is 7.38. The maximum absolute atomic E-state index is 13.1. The molecule has 0 aliphatic rings. The van der Waals surface area contributed by atoms with Crippen molar-refractivity contribution >= 4 is 11.6 Å². The minimum absolute atomic E-state index is 0.638. The molecule has 0 saturated heterocycles. The van der Waals surface area contributed by atoms with Crippen molar-refractivity contribution in [2.24, 2.45) is 0 Å². The van der Waals surface area contributed by atoms with E-state index in [4.69, 9.17) is 11.6 Å². The Kier molecular flexibility index (Phi) is 4.84. The normalized spacial score (nSPS) is 20.3. The second-order valence-electron chi connectivity index (χ2n) is 3.32. The summed E-state index contributed by atoms with van der Waals surface area (Å²) in [5.74, 6) is 0. The van der Waals surface area contributed by atoms with E-state index in [1.165, 1.54) is 6.92 Å². The topological polar surface area (TPSA) is 0 Å². The zero-order chi connectivity index (χ0) is 9.78. The fraction of sp³-hybridized carbons (Fsp3) is 0.800. The summed E-state index contributed by atoms with van der Waals surface area (Å²) in [6, 6.07) is 0. The highest BCUT2D eigenvalue weighted by Gasteiger charge is 2.32. The molecule has 0 rings (SSSR count). The van der Waals surface area contributed by atoms with E-state index in [0.29, 0.717) is 12.8 Å². The summed E-state index contributed by atoms with van der Waals surface area (Å²) in [5.41, 5.74) is 1.15. The van der Waals surface area contributed by atoms with Crippen LogP contribution in [0.3, 0.4) is 0 Å². The molecule has 0 spiro atoms. The fourth-order valence-corrected chi connectivity index (χ4v) is 1.32. The fourth-order valence-electron chi connectivity index (χ4n) is 1.11. The molecule has 0 saturated carbocycles. The zero-order valence-electron chi connectivity index (χ0n) is 8.32. The molecular formula is C10H18ClF. The Bertz CT molecular complexity index is 163. The maximum Gasteiger partial charge on any atom is 0.117 e. The molecule has 0 amide bonds. The highest BCUT2D eigenvalue weighted by molar-refractivity contribution is 6.24. The highest BCUT2D eigenvalue weighted by atomic mass is 35.5. The molecule has 0 fully saturated rings. The van der Waals surface area contributed by atoms with Crippen molar-refractivity contribution < 1.29 is 4.39 Å². The summed E-state index contributed by atoms with van der Waals surface area (Å²) in [7, 11) is 0. The Hall–Kier alpha value is -0.0400. The largest absolute Gasteiger partial charge is 0.246 e. The Morgan fingerprint density at radius 3 is 2.42 bits per heavy atom. The van der Waals surface area contributed by atoms with Gasteiger partial charge in [0.15, 0.2) is 0 Å². The van der Waals surface area contributed by atoms with E-state index < -0.39 is 11.0 Å². The first-order valence-electron chi connectivity index (χ1n) is 4.41. The Labute approximate surface area is 79.8 Å². The molecule has 0 radical (unpaired) electrons. The smallest absolute Gasteiger partial charge is 0.117 e. The molecule has 0 aliphatic carbocycles. The van der Waals surface area contributed by atoms with E-state index in [2.05, 4.69) is 0 Å². The number of allylic oxidation sites excluding steroid dienone is 2. The number of hydrogen-bond donors (Lipinski definition) is 0. The van der Waals surface area contributed by atoms with Gasteiger partial charge in [-0.25, -0.2) is 4.39 Å². The molecule has 72 valence electrons. The number of rotatable bonds is 4. The van der Waals surface area contributed by atoms with Crippen molar-refractivity contribution in [1.29, 1.82) is 0 Å². The van der Waals surface area contributed by atoms with Gasteiger partial charge in [-0.2, -0.15) is 0 Å². The van der Waals surface area contributed by atoms with E-state index in [1.54, 1.807) is 0 Å². The van der Waals surface area contributed by atoms with Crippen molar-refractivity contribution in [3.05, 3.63) is 11.6 Å². The SMILES string of the molecule is CC=C(C)CC(Cl)(CC)C(C)F. The molecule has 0 nitrogen and oxygen atoms in total. The van der Waals surface area contributed by atoms with Crippen LogP contribution >= 0.6 is 11.6 Å². The second kappa shape index (κ2) is 4.86. The van der Waals surface area contributed by atoms with Gasteiger partial charge in [0.05, 0.1) is 4.87 Å². The quantitative estimate of drug-likeness (QED) is 0.465. The van der Waals surface area contributed by atoms with E-state index in [0.717, 1.165) is 5.57 Å². The van der Waals surface area contributed by atoms with Crippen LogP contribution < -0.4 is 0 Å². The molecule has 2 atom stereocenters. The van der Waals surface area contributed by atoms with Crippen LogP contribution in [0.5, 0.6) is 0 Å². The third kappa shape index (κ3) is 3.14. The number of alkyl halides is 2. The molecule has 0 aromatic carbocycles. The van der Waals surface area contributed by atoms with Gasteiger partial charge in [-0.05, 0) is 33.6 Å². The van der Waals surface area contributed by atoms with Gasteiger partial charge >= 0.3 is 0 Å². The molecule has 0 bridgehead atoms. The van der Waals surface area contributed by atoms with Crippen molar-refractivity contribution in [2.45, 2.75) is 51.6 Å². The molecule has 0 heterocycles. The summed E-state index contributed by atoms with van der Waals surface area (Å²) >= 11 is 6.12. The first-order chi connectivity index (χ1) is 5.46. The highest BCUT2D eigenvalue weighted by Crippen LogP contribution is 2.33. The van der Waals surface area contributed by atoms with Gasteiger partial charge in [0.2, 0.25) is 0 Å². The Morgan fingerprint density at radius 2 is 2.17 bits per heavy atom. The maximum atomic E-state index is 13.1. The lowest BCUT2D eigenvalue weighted by Crippen LogP contribution is -2.31. The second-order valence-corrected chi connectivity index (χ2v) is 4.07. The summed E-state index contributed by atoms with van der Waals surface area (Å²) in [4.78, 5) is -0.698. The molecule has 0 aromatic heterocycles. The van der Waals surface area contributed by atoms with E-state index in [9.17, 15) is 4.39 Å². The Balaban J connectivity index is 4.34. The lowest BCUT2D eigenvalue weighted by molar-refractivity contribution is 0.264. The summed E-state index contributed by atoms with van der Waals surface area (Å²) < 4.78 is 13.1. The van der Waals surface area contributed by atoms with Gasteiger partial charge in [0.1, 0.15) is 6.17 Å². The van der Waals surface area contributed by atoms with Crippen molar-refractivity contribution in [3.63, 3.8) is 0 Å². The Morgan fingerprint density at radius 1 is 1.67 bits per heavy atom. The molecule has 0 aliphatic heterocycles. The van der Waals surface area contributed by atoms with E-state index >= 15 is 0 Å². The first kappa shape index (κ1) is 12.0. The minimum Gasteiger partial charge on any atom is -0.246 e.